The molecule has 0 aliphatic heterocycles. The number of aryl methyl sites for hydroxylation is 2. The molecule has 2 rings (SSSR count). The van der Waals surface area contributed by atoms with Gasteiger partial charge in [0, 0.05) is 17.5 Å². The van der Waals surface area contributed by atoms with E-state index in [0.717, 1.165) is 11.4 Å². The minimum Gasteiger partial charge on any atom is -0.490 e. The summed E-state index contributed by atoms with van der Waals surface area (Å²) in [6.07, 6.45) is 1.29. The Morgan fingerprint density at radius 3 is 2.48 bits per heavy atom. The predicted molar refractivity (Wildman–Crippen MR) is 91.5 cm³/mol. The van der Waals surface area contributed by atoms with Crippen molar-refractivity contribution in [3.05, 3.63) is 63.0 Å². The summed E-state index contributed by atoms with van der Waals surface area (Å²) in [5.74, 6) is -0.507. The first-order chi connectivity index (χ1) is 11.9. The van der Waals surface area contributed by atoms with E-state index in [9.17, 15) is 20.2 Å². The number of carbonyl (C=O) groups is 1. The summed E-state index contributed by atoms with van der Waals surface area (Å²) in [6, 6.07) is 9.67. The molecule has 0 fully saturated rings. The number of hydrogen-bond acceptors (Lipinski definition) is 5. The molecule has 2 aromatic rings. The summed E-state index contributed by atoms with van der Waals surface area (Å²) in [6.45, 7) is 3.63. The molecular formula is C17H16N4O4. The highest BCUT2D eigenvalue weighted by Crippen LogP contribution is 2.28. The number of amides is 1. The van der Waals surface area contributed by atoms with E-state index in [1.807, 2.05) is 32.0 Å². The molecule has 1 aromatic carbocycles. The molecule has 1 N–H and O–H groups in total. The smallest absolute Gasteiger partial charge is 0.311 e. The molecule has 0 atom stereocenters. The molecule has 0 aliphatic carbocycles. The number of methoxy groups -OCH3 is 1. The summed E-state index contributed by atoms with van der Waals surface area (Å²) in [5.41, 5.74) is 4.16. The Balaban J connectivity index is 2.34. The molecule has 128 valence electrons. The lowest BCUT2D eigenvalue weighted by atomic mass is 10.1. The van der Waals surface area contributed by atoms with Crippen molar-refractivity contribution in [2.75, 3.05) is 12.5 Å². The average Bonchev–Trinajstić information content (AvgIpc) is 2.91. The Morgan fingerprint density at radius 1 is 1.32 bits per heavy atom. The van der Waals surface area contributed by atoms with Gasteiger partial charge in [-0.05, 0) is 43.7 Å². The molecule has 0 bridgehead atoms. The van der Waals surface area contributed by atoms with Gasteiger partial charge in [-0.2, -0.15) is 5.26 Å². The van der Waals surface area contributed by atoms with Crippen LogP contribution in [0.15, 0.2) is 35.9 Å². The maximum Gasteiger partial charge on any atom is 0.311 e. The van der Waals surface area contributed by atoms with E-state index in [1.165, 1.54) is 31.4 Å². The summed E-state index contributed by atoms with van der Waals surface area (Å²) < 4.78 is 6.49. The lowest BCUT2D eigenvalue weighted by Crippen LogP contribution is -2.25. The number of hydrogen-bond donors (Lipinski definition) is 1. The first-order valence-corrected chi connectivity index (χ1v) is 7.28. The minimum absolute atomic E-state index is 0.101. The van der Waals surface area contributed by atoms with Gasteiger partial charge in [-0.1, -0.05) is 6.07 Å². The van der Waals surface area contributed by atoms with Gasteiger partial charge in [-0.15, -0.1) is 0 Å². The third kappa shape index (κ3) is 3.84. The SMILES string of the molecule is COc1ccc(/C=C(/C#N)C(=O)Nn2c(C)ccc2C)cc1[N+](=O)[O-]. The van der Waals surface area contributed by atoms with Crippen molar-refractivity contribution in [3.8, 4) is 11.8 Å². The van der Waals surface area contributed by atoms with Gasteiger partial charge in [-0.3, -0.25) is 25.0 Å². The number of benzene rings is 1. The first-order valence-electron chi connectivity index (χ1n) is 7.28. The number of nitrogens with zero attached hydrogens (tertiary/aromatic N) is 3. The van der Waals surface area contributed by atoms with Crippen LogP contribution in [0.3, 0.4) is 0 Å². The molecule has 0 spiro atoms. The van der Waals surface area contributed by atoms with Crippen LogP contribution in [-0.4, -0.2) is 22.6 Å². The zero-order valence-corrected chi connectivity index (χ0v) is 13.9. The number of nitro groups is 1. The fraction of sp³-hybridized carbons (Fsp3) is 0.176. The Hall–Kier alpha value is -3.60. The molecule has 1 heterocycles. The normalized spacial score (nSPS) is 10.9. The van der Waals surface area contributed by atoms with E-state index < -0.39 is 10.8 Å². The van der Waals surface area contributed by atoms with Gasteiger partial charge in [0.2, 0.25) is 0 Å². The summed E-state index contributed by atoms with van der Waals surface area (Å²) in [7, 11) is 1.33. The number of carbonyl (C=O) groups excluding carboxylic acids is 1. The molecule has 1 amide bonds. The van der Waals surface area contributed by atoms with Crippen molar-refractivity contribution < 1.29 is 14.5 Å². The van der Waals surface area contributed by atoms with E-state index in [0.29, 0.717) is 5.56 Å². The quantitative estimate of drug-likeness (QED) is 0.389. The molecule has 0 aliphatic rings. The summed E-state index contributed by atoms with van der Waals surface area (Å²) in [5, 5.41) is 20.3. The molecule has 0 unspecified atom stereocenters. The highest BCUT2D eigenvalue weighted by Gasteiger charge is 2.16. The fourth-order valence-corrected chi connectivity index (χ4v) is 2.26. The highest BCUT2D eigenvalue weighted by atomic mass is 16.6. The average molecular weight is 340 g/mol. The van der Waals surface area contributed by atoms with Crippen LogP contribution in [0.5, 0.6) is 5.75 Å². The second-order valence-electron chi connectivity index (χ2n) is 5.25. The van der Waals surface area contributed by atoms with Crippen molar-refractivity contribution in [1.29, 1.82) is 5.26 Å². The second kappa shape index (κ2) is 7.31. The molecule has 0 saturated heterocycles. The number of nitro benzene ring substituents is 1. The third-order valence-electron chi connectivity index (χ3n) is 3.56. The van der Waals surface area contributed by atoms with Crippen molar-refractivity contribution in [2.45, 2.75) is 13.8 Å². The van der Waals surface area contributed by atoms with E-state index >= 15 is 0 Å². The van der Waals surface area contributed by atoms with Gasteiger partial charge in [0.1, 0.15) is 11.6 Å². The standard InChI is InChI=1S/C17H16N4O4/c1-11-4-5-12(2)20(11)19-17(22)14(10-18)8-13-6-7-16(25-3)15(9-13)21(23)24/h4-9H,1-3H3,(H,19,22)/b14-8-. The van der Waals surface area contributed by atoms with Crippen LogP contribution in [0.4, 0.5) is 5.69 Å². The lowest BCUT2D eigenvalue weighted by Gasteiger charge is -2.10. The second-order valence-corrected chi connectivity index (χ2v) is 5.25. The number of aromatic nitrogens is 1. The maximum atomic E-state index is 12.3. The molecule has 8 heteroatoms. The number of nitrogens with one attached hydrogen (secondary N) is 1. The Kier molecular flexibility index (Phi) is 5.19. The van der Waals surface area contributed by atoms with Gasteiger partial charge in [0.25, 0.3) is 5.91 Å². The van der Waals surface area contributed by atoms with Crippen LogP contribution in [0, 0.1) is 35.3 Å². The Labute approximate surface area is 144 Å². The summed E-state index contributed by atoms with van der Waals surface area (Å²) >= 11 is 0. The molecular weight excluding hydrogens is 324 g/mol. The van der Waals surface area contributed by atoms with Crippen molar-refractivity contribution in [3.63, 3.8) is 0 Å². The molecule has 25 heavy (non-hydrogen) atoms. The molecule has 0 radical (unpaired) electrons. The predicted octanol–water partition coefficient (Wildman–Crippen LogP) is 2.70. The van der Waals surface area contributed by atoms with Crippen LogP contribution < -0.4 is 10.2 Å². The fourth-order valence-electron chi connectivity index (χ4n) is 2.26. The van der Waals surface area contributed by atoms with Gasteiger partial charge >= 0.3 is 5.69 Å². The molecule has 0 saturated carbocycles. The third-order valence-corrected chi connectivity index (χ3v) is 3.56. The number of ether oxygens (including phenoxy) is 1. The zero-order valence-electron chi connectivity index (χ0n) is 13.9. The van der Waals surface area contributed by atoms with Gasteiger partial charge < -0.3 is 4.74 Å². The minimum atomic E-state index is -0.608. The Bertz CT molecular complexity index is 886. The van der Waals surface area contributed by atoms with E-state index in [-0.39, 0.29) is 17.0 Å². The maximum absolute atomic E-state index is 12.3. The molecule has 8 nitrogen and oxygen atoms in total. The number of nitriles is 1. The monoisotopic (exact) mass is 340 g/mol. The Morgan fingerprint density at radius 2 is 1.96 bits per heavy atom. The topological polar surface area (TPSA) is 110 Å². The van der Waals surface area contributed by atoms with Crippen LogP contribution in [0.1, 0.15) is 17.0 Å². The van der Waals surface area contributed by atoms with Crippen molar-refractivity contribution in [1.82, 2.24) is 4.68 Å². The zero-order chi connectivity index (χ0) is 18.6. The van der Waals surface area contributed by atoms with Crippen LogP contribution >= 0.6 is 0 Å². The van der Waals surface area contributed by atoms with Crippen molar-refractivity contribution in [2.24, 2.45) is 0 Å². The summed E-state index contributed by atoms with van der Waals surface area (Å²) in [4.78, 5) is 22.8. The largest absolute Gasteiger partial charge is 0.490 e. The van der Waals surface area contributed by atoms with Crippen LogP contribution in [0.2, 0.25) is 0 Å². The van der Waals surface area contributed by atoms with Crippen LogP contribution in [-0.2, 0) is 4.79 Å². The highest BCUT2D eigenvalue weighted by molar-refractivity contribution is 6.06. The van der Waals surface area contributed by atoms with E-state index in [1.54, 1.807) is 4.68 Å². The lowest BCUT2D eigenvalue weighted by molar-refractivity contribution is -0.385. The van der Waals surface area contributed by atoms with Gasteiger partial charge in [0.05, 0.1) is 12.0 Å². The van der Waals surface area contributed by atoms with Gasteiger partial charge in [0.15, 0.2) is 5.75 Å². The van der Waals surface area contributed by atoms with Crippen LogP contribution in [0.25, 0.3) is 6.08 Å². The van der Waals surface area contributed by atoms with E-state index in [4.69, 9.17) is 4.74 Å². The molecule has 1 aromatic heterocycles. The van der Waals surface area contributed by atoms with Gasteiger partial charge in [-0.25, -0.2) is 0 Å². The first kappa shape index (κ1) is 17.7. The number of rotatable bonds is 5. The van der Waals surface area contributed by atoms with E-state index in [2.05, 4.69) is 5.43 Å². The van der Waals surface area contributed by atoms with Crippen molar-refractivity contribution >= 4 is 17.7 Å².